The molecule has 6 heteroatoms. The van der Waals surface area contributed by atoms with Crippen molar-refractivity contribution in [2.45, 2.75) is 25.8 Å². The van der Waals surface area contributed by atoms with Crippen molar-refractivity contribution < 1.29 is 4.79 Å². The number of nitrogens with one attached hydrogen (secondary N) is 1. The average molecular weight is 325 g/mol. The van der Waals surface area contributed by atoms with Crippen LogP contribution < -0.4 is 11.1 Å². The Kier molecular flexibility index (Phi) is 5.05. The maximum Gasteiger partial charge on any atom is 0.253 e. The number of nitrogens with two attached hydrogens (primary N) is 1. The third-order valence-corrected chi connectivity index (χ3v) is 4.43. The molecule has 0 radical (unpaired) electrons. The van der Waals surface area contributed by atoms with Crippen LogP contribution in [0.1, 0.15) is 30.1 Å². The zero-order valence-corrected chi connectivity index (χ0v) is 13.9. The number of anilines is 2. The first-order valence-electron chi connectivity index (χ1n) is 8.31. The molecule has 1 amide bonds. The average Bonchev–Trinajstić information content (AvgIpc) is 2.62. The lowest BCUT2D eigenvalue weighted by Gasteiger charge is -2.34. The number of amides is 1. The van der Waals surface area contributed by atoms with E-state index < -0.39 is 0 Å². The van der Waals surface area contributed by atoms with E-state index in [1.54, 1.807) is 18.6 Å². The van der Waals surface area contributed by atoms with Crippen LogP contribution in [0.15, 0.2) is 42.9 Å². The number of hydrogen-bond donors (Lipinski definition) is 2. The van der Waals surface area contributed by atoms with Gasteiger partial charge in [0.2, 0.25) is 0 Å². The van der Waals surface area contributed by atoms with E-state index in [-0.39, 0.29) is 11.9 Å². The first-order chi connectivity index (χ1) is 11.6. The van der Waals surface area contributed by atoms with E-state index in [0.717, 1.165) is 31.6 Å². The molecule has 1 aromatic carbocycles. The number of aromatic nitrogens is 2. The van der Waals surface area contributed by atoms with Crippen LogP contribution in [0.25, 0.3) is 0 Å². The van der Waals surface area contributed by atoms with Crippen LogP contribution in [0.2, 0.25) is 0 Å². The number of carbonyl (C=O) groups is 1. The summed E-state index contributed by atoms with van der Waals surface area (Å²) in [7, 11) is 0. The van der Waals surface area contributed by atoms with Crippen molar-refractivity contribution in [2.75, 3.05) is 18.4 Å². The topological polar surface area (TPSA) is 84.1 Å². The Balaban J connectivity index is 1.72. The Morgan fingerprint density at radius 3 is 3.04 bits per heavy atom. The van der Waals surface area contributed by atoms with Gasteiger partial charge in [0.1, 0.15) is 5.82 Å². The Morgan fingerprint density at radius 1 is 1.42 bits per heavy atom. The van der Waals surface area contributed by atoms with Crippen LogP contribution in [-0.4, -0.2) is 39.9 Å². The second-order valence-corrected chi connectivity index (χ2v) is 6.31. The van der Waals surface area contributed by atoms with E-state index in [1.807, 2.05) is 36.1 Å². The molecule has 24 heavy (non-hydrogen) atoms. The predicted octanol–water partition coefficient (Wildman–Crippen LogP) is 2.42. The van der Waals surface area contributed by atoms with Crippen LogP contribution in [0.4, 0.5) is 11.5 Å². The normalized spacial score (nSPS) is 18.9. The van der Waals surface area contributed by atoms with E-state index in [9.17, 15) is 4.79 Å². The summed E-state index contributed by atoms with van der Waals surface area (Å²) in [6, 6.07) is 7.60. The monoisotopic (exact) mass is 325 g/mol. The Labute approximate surface area is 142 Å². The lowest BCUT2D eigenvalue weighted by atomic mass is 9.92. The fraction of sp³-hybridized carbons (Fsp3) is 0.389. The van der Waals surface area contributed by atoms with E-state index in [1.165, 1.54) is 0 Å². The zero-order chi connectivity index (χ0) is 16.9. The van der Waals surface area contributed by atoms with Crippen molar-refractivity contribution in [2.24, 2.45) is 11.7 Å². The third kappa shape index (κ3) is 3.89. The number of likely N-dealkylation sites (tertiary alicyclic amines) is 1. The SMILES string of the molecule is C[C@@H](N)[C@H]1CCCN(C(=O)c2cccc(Nc3cnccn3)c2)C1. The quantitative estimate of drug-likeness (QED) is 0.902. The minimum absolute atomic E-state index is 0.0585. The lowest BCUT2D eigenvalue weighted by Crippen LogP contribution is -2.45. The highest BCUT2D eigenvalue weighted by Gasteiger charge is 2.26. The highest BCUT2D eigenvalue weighted by atomic mass is 16.2. The van der Waals surface area contributed by atoms with E-state index in [2.05, 4.69) is 15.3 Å². The molecule has 2 atom stereocenters. The van der Waals surface area contributed by atoms with E-state index >= 15 is 0 Å². The number of nitrogens with zero attached hydrogens (tertiary/aromatic N) is 3. The minimum Gasteiger partial charge on any atom is -0.339 e. The highest BCUT2D eigenvalue weighted by molar-refractivity contribution is 5.95. The second kappa shape index (κ2) is 7.40. The molecule has 1 aliphatic heterocycles. The van der Waals surface area contributed by atoms with Crippen molar-refractivity contribution in [1.29, 1.82) is 0 Å². The summed E-state index contributed by atoms with van der Waals surface area (Å²) in [4.78, 5) is 22.9. The van der Waals surface area contributed by atoms with Gasteiger partial charge in [-0.15, -0.1) is 0 Å². The highest BCUT2D eigenvalue weighted by Crippen LogP contribution is 2.22. The van der Waals surface area contributed by atoms with Gasteiger partial charge in [-0.25, -0.2) is 4.98 Å². The Morgan fingerprint density at radius 2 is 2.29 bits per heavy atom. The van der Waals surface area contributed by atoms with Crippen molar-refractivity contribution in [1.82, 2.24) is 14.9 Å². The van der Waals surface area contributed by atoms with Gasteiger partial charge in [-0.2, -0.15) is 0 Å². The molecule has 2 aromatic rings. The summed E-state index contributed by atoms with van der Waals surface area (Å²) in [6.07, 6.45) is 6.99. The molecule has 6 nitrogen and oxygen atoms in total. The molecule has 0 saturated carbocycles. The molecule has 0 unspecified atom stereocenters. The molecular weight excluding hydrogens is 302 g/mol. The van der Waals surface area contributed by atoms with Gasteiger partial charge in [-0.1, -0.05) is 6.07 Å². The molecule has 1 aliphatic rings. The number of carbonyl (C=O) groups excluding carboxylic acids is 1. The molecule has 0 aliphatic carbocycles. The van der Waals surface area contributed by atoms with Gasteiger partial charge in [0.15, 0.2) is 0 Å². The molecular formula is C18H23N5O. The predicted molar refractivity (Wildman–Crippen MR) is 94.0 cm³/mol. The fourth-order valence-corrected chi connectivity index (χ4v) is 3.05. The molecule has 1 saturated heterocycles. The van der Waals surface area contributed by atoms with Gasteiger partial charge in [0.25, 0.3) is 5.91 Å². The summed E-state index contributed by atoms with van der Waals surface area (Å²) in [6.45, 7) is 3.55. The molecule has 1 aromatic heterocycles. The largest absolute Gasteiger partial charge is 0.339 e. The Hall–Kier alpha value is -2.47. The molecule has 3 N–H and O–H groups in total. The zero-order valence-electron chi connectivity index (χ0n) is 13.9. The molecule has 0 bridgehead atoms. The summed E-state index contributed by atoms with van der Waals surface area (Å²) in [5.41, 5.74) is 7.51. The number of benzene rings is 1. The number of piperidine rings is 1. The van der Waals surface area contributed by atoms with E-state index in [4.69, 9.17) is 5.73 Å². The van der Waals surface area contributed by atoms with Crippen molar-refractivity contribution >= 4 is 17.4 Å². The van der Waals surface area contributed by atoms with Crippen LogP contribution in [0.3, 0.4) is 0 Å². The van der Waals surface area contributed by atoms with Crippen LogP contribution >= 0.6 is 0 Å². The molecule has 2 heterocycles. The van der Waals surface area contributed by atoms with Crippen molar-refractivity contribution in [3.8, 4) is 0 Å². The summed E-state index contributed by atoms with van der Waals surface area (Å²) in [5.74, 6) is 1.09. The summed E-state index contributed by atoms with van der Waals surface area (Å²) in [5, 5.41) is 3.16. The summed E-state index contributed by atoms with van der Waals surface area (Å²) < 4.78 is 0. The summed E-state index contributed by atoms with van der Waals surface area (Å²) >= 11 is 0. The van der Waals surface area contributed by atoms with Gasteiger partial charge in [0, 0.05) is 42.8 Å². The van der Waals surface area contributed by atoms with Crippen molar-refractivity contribution in [3.63, 3.8) is 0 Å². The molecule has 126 valence electrons. The minimum atomic E-state index is 0.0585. The Bertz CT molecular complexity index is 689. The fourth-order valence-electron chi connectivity index (χ4n) is 3.05. The lowest BCUT2D eigenvalue weighted by molar-refractivity contribution is 0.0661. The molecule has 0 spiro atoms. The standard InChI is InChI=1S/C18H23N5O/c1-13(19)15-5-3-9-23(12-15)18(24)14-4-2-6-16(10-14)22-17-11-20-7-8-21-17/h2,4,6-8,10-11,13,15H,3,5,9,12,19H2,1H3,(H,21,22)/t13-,15+/m1/s1. The maximum absolute atomic E-state index is 12.8. The van der Waals surface area contributed by atoms with E-state index in [0.29, 0.717) is 17.3 Å². The maximum atomic E-state index is 12.8. The first kappa shape index (κ1) is 16.4. The number of rotatable bonds is 4. The van der Waals surface area contributed by atoms with Gasteiger partial charge in [-0.05, 0) is 43.9 Å². The first-order valence-corrected chi connectivity index (χ1v) is 8.31. The van der Waals surface area contributed by atoms with Crippen LogP contribution in [-0.2, 0) is 0 Å². The van der Waals surface area contributed by atoms with Crippen LogP contribution in [0, 0.1) is 5.92 Å². The van der Waals surface area contributed by atoms with Gasteiger partial charge < -0.3 is 16.0 Å². The van der Waals surface area contributed by atoms with Gasteiger partial charge in [0.05, 0.1) is 6.20 Å². The van der Waals surface area contributed by atoms with Gasteiger partial charge >= 0.3 is 0 Å². The van der Waals surface area contributed by atoms with Gasteiger partial charge in [-0.3, -0.25) is 9.78 Å². The van der Waals surface area contributed by atoms with Crippen LogP contribution in [0.5, 0.6) is 0 Å². The molecule has 3 rings (SSSR count). The third-order valence-electron chi connectivity index (χ3n) is 4.43. The smallest absolute Gasteiger partial charge is 0.253 e. The second-order valence-electron chi connectivity index (χ2n) is 6.31. The number of hydrogen-bond acceptors (Lipinski definition) is 5. The van der Waals surface area contributed by atoms with Crippen molar-refractivity contribution in [3.05, 3.63) is 48.4 Å². The molecule has 1 fully saturated rings.